The molecule has 2 fully saturated rings. The fourth-order valence-corrected chi connectivity index (χ4v) is 5.51. The molecule has 2 heterocycles. The molecule has 3 amide bonds. The van der Waals surface area contributed by atoms with Gasteiger partial charge in [0.05, 0.1) is 29.8 Å². The van der Waals surface area contributed by atoms with Gasteiger partial charge < -0.3 is 4.74 Å². The molecule has 5 rings (SSSR count). The summed E-state index contributed by atoms with van der Waals surface area (Å²) in [6, 6.07) is 16.8. The lowest BCUT2D eigenvalue weighted by Crippen LogP contribution is -2.48. The molecule has 2 aliphatic heterocycles. The Labute approximate surface area is 219 Å². The van der Waals surface area contributed by atoms with E-state index < -0.39 is 35.7 Å². The minimum atomic E-state index is -1.09. The van der Waals surface area contributed by atoms with Crippen LogP contribution in [0.25, 0.3) is 0 Å². The van der Waals surface area contributed by atoms with Crippen LogP contribution in [0.3, 0.4) is 0 Å². The molecule has 35 heavy (non-hydrogen) atoms. The van der Waals surface area contributed by atoms with Crippen molar-refractivity contribution < 1.29 is 19.1 Å². The first kappa shape index (κ1) is 23.8. The second kappa shape index (κ2) is 9.28. The first-order chi connectivity index (χ1) is 16.8. The van der Waals surface area contributed by atoms with E-state index in [0.717, 1.165) is 4.90 Å². The van der Waals surface area contributed by atoms with Crippen LogP contribution in [-0.4, -0.2) is 35.9 Å². The van der Waals surface area contributed by atoms with Gasteiger partial charge in [-0.25, -0.2) is 10.3 Å². The number of ether oxygens (including phenoxy) is 1. The molecular formula is C25H18BrCl2N3O4. The number of fused-ring (bicyclic) bond motifs is 1. The molecule has 7 nitrogen and oxygen atoms in total. The number of hydrogen-bond donors (Lipinski definition) is 1. The zero-order chi connectivity index (χ0) is 24.9. The van der Waals surface area contributed by atoms with Crippen LogP contribution < -0.4 is 15.1 Å². The van der Waals surface area contributed by atoms with Crippen LogP contribution in [0.1, 0.15) is 22.0 Å². The number of anilines is 1. The van der Waals surface area contributed by atoms with Crippen molar-refractivity contribution in [1.82, 2.24) is 10.4 Å². The number of halogens is 3. The number of carbonyl (C=O) groups excluding carboxylic acids is 3. The van der Waals surface area contributed by atoms with Gasteiger partial charge in [0.2, 0.25) is 5.91 Å². The van der Waals surface area contributed by atoms with Crippen molar-refractivity contribution >= 4 is 62.5 Å². The summed E-state index contributed by atoms with van der Waals surface area (Å²) in [6.45, 7) is 0. The van der Waals surface area contributed by atoms with E-state index in [4.69, 9.17) is 27.9 Å². The predicted molar refractivity (Wildman–Crippen MR) is 135 cm³/mol. The molecule has 0 bridgehead atoms. The number of rotatable bonds is 4. The lowest BCUT2D eigenvalue weighted by atomic mass is 9.90. The third kappa shape index (κ3) is 4.00. The van der Waals surface area contributed by atoms with Crippen molar-refractivity contribution in [1.29, 1.82) is 0 Å². The molecule has 0 aromatic heterocycles. The standard InChI is InChI=1S/C25H18BrCl2N3O4/c1-35-19-8-3-2-7-16(19)21-20-22(31(29-21)23(32)13-5-4-6-14(26)11-13)25(34)30(24(20)33)18-10-9-15(27)12-17(18)28/h2-12,20-22,29H,1H3/t20-,21+,22-/m1/s1. The normalized spacial score (nSPS) is 21.4. The number of hydrazine groups is 1. The Kier molecular flexibility index (Phi) is 6.31. The van der Waals surface area contributed by atoms with Gasteiger partial charge in [-0.1, -0.05) is 63.4 Å². The van der Waals surface area contributed by atoms with Crippen molar-refractivity contribution in [3.63, 3.8) is 0 Å². The maximum absolute atomic E-state index is 13.8. The third-order valence-corrected chi connectivity index (χ3v) is 7.18. The third-order valence-electron chi connectivity index (χ3n) is 6.15. The fraction of sp³-hybridized carbons (Fsp3) is 0.160. The highest BCUT2D eigenvalue weighted by Crippen LogP contribution is 2.45. The van der Waals surface area contributed by atoms with Gasteiger partial charge in [-0.15, -0.1) is 0 Å². The Morgan fingerprint density at radius 2 is 1.77 bits per heavy atom. The van der Waals surface area contributed by atoms with Crippen molar-refractivity contribution in [3.8, 4) is 5.75 Å². The van der Waals surface area contributed by atoms with Crippen molar-refractivity contribution in [2.45, 2.75) is 12.1 Å². The maximum atomic E-state index is 13.8. The van der Waals surface area contributed by atoms with E-state index in [0.29, 0.717) is 26.4 Å². The predicted octanol–water partition coefficient (Wildman–Crippen LogP) is 5.02. The highest BCUT2D eigenvalue weighted by Gasteiger charge is 2.61. The Morgan fingerprint density at radius 1 is 1.00 bits per heavy atom. The highest BCUT2D eigenvalue weighted by atomic mass is 79.9. The molecule has 3 atom stereocenters. The number of nitrogens with one attached hydrogen (secondary N) is 1. The second-order valence-electron chi connectivity index (χ2n) is 8.11. The van der Waals surface area contributed by atoms with Gasteiger partial charge in [0.1, 0.15) is 11.8 Å². The van der Waals surface area contributed by atoms with Gasteiger partial charge in [-0.2, -0.15) is 0 Å². The van der Waals surface area contributed by atoms with Gasteiger partial charge in [0.15, 0.2) is 0 Å². The first-order valence-electron chi connectivity index (χ1n) is 10.6. The summed E-state index contributed by atoms with van der Waals surface area (Å²) in [5.74, 6) is -1.84. The molecule has 178 valence electrons. The molecule has 2 aliphatic rings. The highest BCUT2D eigenvalue weighted by molar-refractivity contribution is 9.10. The largest absolute Gasteiger partial charge is 0.496 e. The molecular weight excluding hydrogens is 557 g/mol. The van der Waals surface area contributed by atoms with Crippen LogP contribution in [0.2, 0.25) is 10.0 Å². The van der Waals surface area contributed by atoms with E-state index in [1.54, 1.807) is 48.5 Å². The zero-order valence-corrected chi connectivity index (χ0v) is 21.3. The number of carbonyl (C=O) groups is 3. The summed E-state index contributed by atoms with van der Waals surface area (Å²) in [7, 11) is 1.52. The summed E-state index contributed by atoms with van der Waals surface area (Å²) in [6.07, 6.45) is 0. The second-order valence-corrected chi connectivity index (χ2v) is 9.87. The number of hydrogen-bond acceptors (Lipinski definition) is 5. The van der Waals surface area contributed by atoms with E-state index in [2.05, 4.69) is 21.4 Å². The minimum absolute atomic E-state index is 0.158. The van der Waals surface area contributed by atoms with Crippen LogP contribution in [0.4, 0.5) is 5.69 Å². The lowest BCUT2D eigenvalue weighted by molar-refractivity contribution is -0.123. The monoisotopic (exact) mass is 573 g/mol. The summed E-state index contributed by atoms with van der Waals surface area (Å²) >= 11 is 15.8. The topological polar surface area (TPSA) is 79.0 Å². The summed E-state index contributed by atoms with van der Waals surface area (Å²) in [5.41, 5.74) is 4.35. The average Bonchev–Trinajstić information content (AvgIpc) is 3.35. The van der Waals surface area contributed by atoms with E-state index in [-0.39, 0.29) is 10.7 Å². The van der Waals surface area contributed by atoms with Crippen molar-refractivity contribution in [2.24, 2.45) is 5.92 Å². The van der Waals surface area contributed by atoms with Crippen molar-refractivity contribution in [3.05, 3.63) is 92.4 Å². The van der Waals surface area contributed by atoms with E-state index in [9.17, 15) is 14.4 Å². The van der Waals surface area contributed by atoms with E-state index in [1.807, 2.05) is 6.07 Å². The molecule has 0 spiro atoms. The number of methoxy groups -OCH3 is 1. The SMILES string of the molecule is COc1ccccc1[C@@H]1NN(C(=O)c2cccc(Br)c2)[C@H]2C(=O)N(c3ccc(Cl)cc3Cl)C(=O)[C@H]12. The Morgan fingerprint density at radius 3 is 2.49 bits per heavy atom. The zero-order valence-electron chi connectivity index (χ0n) is 18.2. The fourth-order valence-electron chi connectivity index (χ4n) is 4.62. The number of para-hydroxylation sites is 1. The summed E-state index contributed by atoms with van der Waals surface area (Å²) in [5, 5.41) is 1.78. The number of imide groups is 1. The Bertz CT molecular complexity index is 1370. The van der Waals surface area contributed by atoms with Gasteiger partial charge in [0.25, 0.3) is 11.8 Å². The maximum Gasteiger partial charge on any atom is 0.268 e. The number of amides is 3. The Balaban J connectivity index is 1.62. The molecule has 0 aliphatic carbocycles. The Hall–Kier alpha value is -2.91. The molecule has 3 aromatic carbocycles. The smallest absolute Gasteiger partial charge is 0.268 e. The van der Waals surface area contributed by atoms with Crippen LogP contribution in [-0.2, 0) is 9.59 Å². The van der Waals surface area contributed by atoms with Crippen LogP contribution >= 0.6 is 39.1 Å². The molecule has 0 saturated carbocycles. The minimum Gasteiger partial charge on any atom is -0.496 e. The van der Waals surface area contributed by atoms with Gasteiger partial charge in [0, 0.05) is 20.6 Å². The molecule has 3 aromatic rings. The van der Waals surface area contributed by atoms with Gasteiger partial charge in [-0.05, 0) is 42.5 Å². The summed E-state index contributed by atoms with van der Waals surface area (Å²) < 4.78 is 6.22. The first-order valence-corrected chi connectivity index (χ1v) is 12.2. The number of nitrogens with zero attached hydrogens (tertiary/aromatic N) is 2. The van der Waals surface area contributed by atoms with Crippen molar-refractivity contribution in [2.75, 3.05) is 12.0 Å². The number of benzene rings is 3. The van der Waals surface area contributed by atoms with E-state index >= 15 is 0 Å². The molecule has 2 saturated heterocycles. The molecule has 0 unspecified atom stereocenters. The van der Waals surface area contributed by atoms with Crippen LogP contribution in [0.5, 0.6) is 5.75 Å². The lowest BCUT2D eigenvalue weighted by Gasteiger charge is -2.26. The average molecular weight is 575 g/mol. The molecule has 1 N–H and O–H groups in total. The van der Waals surface area contributed by atoms with E-state index in [1.165, 1.54) is 24.3 Å². The summed E-state index contributed by atoms with van der Waals surface area (Å²) in [4.78, 5) is 42.1. The quantitative estimate of drug-likeness (QED) is 0.442. The van der Waals surface area contributed by atoms with Gasteiger partial charge in [-0.3, -0.25) is 19.4 Å². The van der Waals surface area contributed by atoms with Crippen LogP contribution in [0.15, 0.2) is 71.2 Å². The van der Waals surface area contributed by atoms with Gasteiger partial charge >= 0.3 is 0 Å². The molecule has 10 heteroatoms. The molecule has 0 radical (unpaired) electrons. The van der Waals surface area contributed by atoms with Crippen LogP contribution in [0, 0.1) is 5.92 Å².